The van der Waals surface area contributed by atoms with Crippen LogP contribution in [0.5, 0.6) is 0 Å². The van der Waals surface area contributed by atoms with Crippen molar-refractivity contribution in [3.05, 3.63) is 17.0 Å². The maximum Gasteiger partial charge on any atom is 0.336 e. The molecule has 1 fully saturated rings. The van der Waals surface area contributed by atoms with Crippen molar-refractivity contribution in [3.63, 3.8) is 0 Å². The lowest BCUT2D eigenvalue weighted by Crippen LogP contribution is -2.28. The van der Waals surface area contributed by atoms with Crippen LogP contribution in [0.25, 0.3) is 0 Å². The third-order valence-electron chi connectivity index (χ3n) is 2.52. The van der Waals surface area contributed by atoms with Crippen LogP contribution < -0.4 is 0 Å². The Morgan fingerprint density at radius 3 is 2.62 bits per heavy atom. The molecular formula is C9H11NO4S2. The first-order chi connectivity index (χ1) is 7.43. The summed E-state index contributed by atoms with van der Waals surface area (Å²) in [6, 6.07) is 1.29. The molecule has 0 spiro atoms. The fraction of sp³-hybridized carbons (Fsp3) is 0.444. The molecule has 1 heterocycles. The van der Waals surface area contributed by atoms with E-state index in [4.69, 9.17) is 5.11 Å². The van der Waals surface area contributed by atoms with Gasteiger partial charge in [-0.05, 0) is 18.9 Å². The number of carbonyl (C=O) groups is 1. The minimum Gasteiger partial charge on any atom is -0.478 e. The lowest BCUT2D eigenvalue weighted by Gasteiger charge is -2.14. The number of sulfonamides is 1. The summed E-state index contributed by atoms with van der Waals surface area (Å²) >= 11 is 0.948. The van der Waals surface area contributed by atoms with Crippen LogP contribution in [0.1, 0.15) is 23.2 Å². The Morgan fingerprint density at radius 1 is 1.56 bits per heavy atom. The van der Waals surface area contributed by atoms with E-state index in [9.17, 15) is 13.2 Å². The van der Waals surface area contributed by atoms with Gasteiger partial charge >= 0.3 is 5.97 Å². The van der Waals surface area contributed by atoms with E-state index < -0.39 is 16.0 Å². The van der Waals surface area contributed by atoms with Gasteiger partial charge in [0.25, 0.3) is 10.0 Å². The quantitative estimate of drug-likeness (QED) is 0.884. The SMILES string of the molecule is CN(C1CC1)S(=O)(=O)c1cc(C(=O)O)cs1. The van der Waals surface area contributed by atoms with Gasteiger partial charge in [-0.2, -0.15) is 4.31 Å². The molecule has 0 aromatic carbocycles. The smallest absolute Gasteiger partial charge is 0.336 e. The monoisotopic (exact) mass is 261 g/mol. The lowest BCUT2D eigenvalue weighted by molar-refractivity contribution is 0.0697. The van der Waals surface area contributed by atoms with E-state index in [1.54, 1.807) is 0 Å². The van der Waals surface area contributed by atoms with Crippen molar-refractivity contribution in [2.75, 3.05) is 7.05 Å². The molecule has 1 saturated carbocycles. The lowest BCUT2D eigenvalue weighted by atomic mass is 10.4. The van der Waals surface area contributed by atoms with Gasteiger partial charge in [0.05, 0.1) is 5.56 Å². The minimum atomic E-state index is -3.50. The van der Waals surface area contributed by atoms with Crippen molar-refractivity contribution in [2.45, 2.75) is 23.1 Å². The number of nitrogens with zero attached hydrogens (tertiary/aromatic N) is 1. The number of aromatic carboxylic acids is 1. The van der Waals surface area contributed by atoms with E-state index in [-0.39, 0.29) is 15.8 Å². The Labute approximate surface area is 97.4 Å². The zero-order valence-electron chi connectivity index (χ0n) is 8.58. The van der Waals surface area contributed by atoms with Crippen molar-refractivity contribution in [1.82, 2.24) is 4.31 Å². The average Bonchev–Trinajstić information content (AvgIpc) is 2.92. The Balaban J connectivity index is 2.31. The van der Waals surface area contributed by atoms with E-state index in [0.29, 0.717) is 0 Å². The molecule has 5 nitrogen and oxygen atoms in total. The normalized spacial score (nSPS) is 16.6. The zero-order valence-corrected chi connectivity index (χ0v) is 10.2. The van der Waals surface area contributed by atoms with Gasteiger partial charge in [0.1, 0.15) is 4.21 Å². The average molecular weight is 261 g/mol. The van der Waals surface area contributed by atoms with Gasteiger partial charge in [0.2, 0.25) is 0 Å². The van der Waals surface area contributed by atoms with Crippen LogP contribution in [0.4, 0.5) is 0 Å². The molecule has 0 aliphatic heterocycles. The molecule has 1 N–H and O–H groups in total. The largest absolute Gasteiger partial charge is 0.478 e. The van der Waals surface area contributed by atoms with Crippen molar-refractivity contribution in [3.8, 4) is 0 Å². The molecule has 7 heteroatoms. The van der Waals surface area contributed by atoms with Crippen LogP contribution >= 0.6 is 11.3 Å². The predicted molar refractivity (Wildman–Crippen MR) is 59.2 cm³/mol. The first-order valence-electron chi connectivity index (χ1n) is 4.73. The number of hydrogen-bond acceptors (Lipinski definition) is 4. The fourth-order valence-corrected chi connectivity index (χ4v) is 4.09. The topological polar surface area (TPSA) is 74.7 Å². The van der Waals surface area contributed by atoms with E-state index >= 15 is 0 Å². The van der Waals surface area contributed by atoms with Crippen LogP contribution in [-0.2, 0) is 10.0 Å². The summed E-state index contributed by atoms with van der Waals surface area (Å²) in [6.07, 6.45) is 1.76. The summed E-state index contributed by atoms with van der Waals surface area (Å²) in [5, 5.41) is 10.1. The number of hydrogen-bond donors (Lipinski definition) is 1. The number of carboxylic acids is 1. The van der Waals surface area contributed by atoms with Crippen molar-refractivity contribution >= 4 is 27.3 Å². The van der Waals surface area contributed by atoms with E-state index in [2.05, 4.69) is 0 Å². The number of thiophene rings is 1. The molecule has 0 unspecified atom stereocenters. The highest BCUT2D eigenvalue weighted by atomic mass is 32.2. The second kappa shape index (κ2) is 3.83. The van der Waals surface area contributed by atoms with Crippen LogP contribution in [-0.4, -0.2) is 36.9 Å². The first-order valence-corrected chi connectivity index (χ1v) is 7.05. The van der Waals surface area contributed by atoms with Crippen LogP contribution in [0.2, 0.25) is 0 Å². The van der Waals surface area contributed by atoms with Crippen molar-refractivity contribution < 1.29 is 18.3 Å². The molecule has 0 saturated heterocycles. The summed E-state index contributed by atoms with van der Waals surface area (Å²) in [5.74, 6) is -1.10. The fourth-order valence-electron chi connectivity index (χ4n) is 1.34. The zero-order chi connectivity index (χ0) is 11.9. The molecular weight excluding hydrogens is 250 g/mol. The summed E-state index contributed by atoms with van der Waals surface area (Å²) in [7, 11) is -1.97. The van der Waals surface area contributed by atoms with Gasteiger partial charge in [-0.25, -0.2) is 13.2 Å². The molecule has 2 rings (SSSR count). The molecule has 16 heavy (non-hydrogen) atoms. The molecule has 0 radical (unpaired) electrons. The molecule has 1 aliphatic rings. The summed E-state index contributed by atoms with van der Waals surface area (Å²) in [5.41, 5.74) is 0.0211. The van der Waals surface area contributed by atoms with Gasteiger partial charge < -0.3 is 5.11 Å². The van der Waals surface area contributed by atoms with Gasteiger partial charge in [0, 0.05) is 18.5 Å². The van der Waals surface area contributed by atoms with Crippen molar-refractivity contribution in [1.29, 1.82) is 0 Å². The summed E-state index contributed by atoms with van der Waals surface area (Å²) in [4.78, 5) is 10.7. The number of rotatable bonds is 4. The third-order valence-corrected chi connectivity index (χ3v) is 5.84. The highest BCUT2D eigenvalue weighted by Crippen LogP contribution is 2.32. The Kier molecular flexibility index (Phi) is 2.77. The van der Waals surface area contributed by atoms with Crippen LogP contribution in [0.15, 0.2) is 15.7 Å². The molecule has 88 valence electrons. The molecule has 0 atom stereocenters. The standard InChI is InChI=1S/C9H11NO4S2/c1-10(7-2-3-7)16(13,14)8-4-6(5-15-8)9(11)12/h4-5,7H,2-3H2,1H3,(H,11,12). The van der Waals surface area contributed by atoms with Gasteiger partial charge in [-0.1, -0.05) is 0 Å². The Morgan fingerprint density at radius 2 is 2.19 bits per heavy atom. The van der Waals surface area contributed by atoms with Gasteiger partial charge in [-0.15, -0.1) is 11.3 Å². The highest BCUT2D eigenvalue weighted by Gasteiger charge is 2.35. The maximum atomic E-state index is 12.0. The van der Waals surface area contributed by atoms with E-state index in [1.165, 1.54) is 22.8 Å². The third kappa shape index (κ3) is 1.98. The van der Waals surface area contributed by atoms with Crippen molar-refractivity contribution in [2.24, 2.45) is 0 Å². The molecule has 1 aromatic heterocycles. The second-order valence-corrected chi connectivity index (χ2v) is 6.85. The van der Waals surface area contributed by atoms with E-state index in [1.807, 2.05) is 0 Å². The van der Waals surface area contributed by atoms with Crippen LogP contribution in [0, 0.1) is 0 Å². The highest BCUT2D eigenvalue weighted by molar-refractivity contribution is 7.91. The molecule has 0 amide bonds. The molecule has 1 aliphatic carbocycles. The second-order valence-electron chi connectivity index (χ2n) is 3.71. The maximum absolute atomic E-state index is 12.0. The summed E-state index contributed by atoms with van der Waals surface area (Å²) in [6.45, 7) is 0. The number of carboxylic acid groups (broad SMARTS) is 1. The predicted octanol–water partition coefficient (Wildman–Crippen LogP) is 1.23. The Bertz CT molecular complexity index is 515. The van der Waals surface area contributed by atoms with E-state index in [0.717, 1.165) is 24.2 Å². The molecule has 1 aromatic rings. The first kappa shape index (κ1) is 11.6. The van der Waals surface area contributed by atoms with Crippen LogP contribution in [0.3, 0.4) is 0 Å². The minimum absolute atomic E-state index is 0.0211. The van der Waals surface area contributed by atoms with Gasteiger partial charge in [0.15, 0.2) is 0 Å². The molecule has 0 bridgehead atoms. The Hall–Kier alpha value is -0.920. The van der Waals surface area contributed by atoms with Gasteiger partial charge in [-0.3, -0.25) is 0 Å². The summed E-state index contributed by atoms with van der Waals surface area (Å²) < 4.78 is 25.4.